The number of rotatable bonds is 24. The average molecular weight is 1530 g/mol. The number of piperidine rings is 2. The molecular formula is C82H80F10N6O6S2. The Hall–Kier alpha value is -9.04. The molecule has 0 atom stereocenters. The van der Waals surface area contributed by atoms with Crippen LogP contribution in [0.5, 0.6) is 0 Å². The van der Waals surface area contributed by atoms with Gasteiger partial charge in [-0.3, -0.25) is 19.2 Å². The van der Waals surface area contributed by atoms with E-state index in [0.29, 0.717) is 6.07 Å². The second-order valence-corrected chi connectivity index (χ2v) is 24.7. The second kappa shape index (κ2) is 35.1. The monoisotopic (exact) mass is 1530 g/mol. The third-order valence-electron chi connectivity index (χ3n) is 15.6. The molecule has 2 saturated heterocycles. The van der Waals surface area contributed by atoms with E-state index < -0.39 is 288 Å². The molecule has 106 heavy (non-hydrogen) atoms. The molecule has 2 aliphatic heterocycles. The summed E-state index contributed by atoms with van der Waals surface area (Å²) >= 11 is -0.115. The number of alkyl halides is 6. The molecule has 0 bridgehead atoms. The van der Waals surface area contributed by atoms with Gasteiger partial charge in [0.25, 0.3) is 0 Å². The number of nitrogens with zero attached hydrogens (tertiary/aromatic N) is 6. The van der Waals surface area contributed by atoms with E-state index in [2.05, 4.69) is 0 Å². The molecule has 12 nitrogen and oxygen atoms in total. The van der Waals surface area contributed by atoms with Crippen LogP contribution in [0.15, 0.2) is 201 Å². The third-order valence-corrected chi connectivity index (χ3v) is 17.4. The van der Waals surface area contributed by atoms with Gasteiger partial charge in [-0.2, -0.15) is 26.3 Å². The van der Waals surface area contributed by atoms with E-state index in [0.717, 1.165) is 112 Å². The van der Waals surface area contributed by atoms with Gasteiger partial charge in [-0.25, -0.2) is 17.6 Å². The molecular weight excluding hydrogens is 1420 g/mol. The molecule has 10 aromatic rings. The standard InChI is InChI=1S/2C41H40F5N3O3S/c2*1-27-6-15-36-34(22-27)37(50)23-39(53-26-31-4-3-5-35(42)40(31)43)49(36)25-38(51)48(33-16-18-47(19-17-33)20-21-52-2)24-28-7-9-29(10-8-28)30-11-13-32(14-12-30)41(44,45)46/h2*3-15,22-23,33H,16-21,24-26H2,1-2H3/i6D,15D,16D2,17D2,18D2,19D2,22D,23D,25D2,26D2,33D;6D,15D,16D2,17D2,18D2,19D2,22D,23D,25D2,33D. The van der Waals surface area contributed by atoms with Gasteiger partial charge < -0.3 is 38.2 Å². The summed E-state index contributed by atoms with van der Waals surface area (Å²) in [4.78, 5) is 59.0. The van der Waals surface area contributed by atoms with Crippen molar-refractivity contribution in [3.05, 3.63) is 270 Å². The first-order chi connectivity index (χ1) is 63.3. The van der Waals surface area contributed by atoms with Crippen LogP contribution in [0.3, 0.4) is 0 Å². The van der Waals surface area contributed by atoms with Gasteiger partial charge in [-0.1, -0.05) is 120 Å². The van der Waals surface area contributed by atoms with Gasteiger partial charge in [-0.15, -0.1) is 23.5 Å². The number of fused-ring (bicyclic) bond motifs is 2. The maximum Gasteiger partial charge on any atom is 0.416 e. The van der Waals surface area contributed by atoms with E-state index in [1.165, 1.54) is 43.3 Å². The van der Waals surface area contributed by atoms with Gasteiger partial charge in [0, 0.05) is 149 Å². The smallest absolute Gasteiger partial charge is 0.383 e. The number of aromatic nitrogens is 2. The minimum atomic E-state index is -4.68. The Balaban J connectivity index is 0.000000265. The zero-order valence-electron chi connectivity index (χ0n) is 87.9. The zero-order valence-corrected chi connectivity index (χ0v) is 57.5. The lowest BCUT2D eigenvalue weighted by atomic mass is 10.00. The lowest BCUT2D eigenvalue weighted by Crippen LogP contribution is -2.48. The number of benzene rings is 8. The number of hydrogen-bond acceptors (Lipinski definition) is 10. The maximum absolute atomic E-state index is 15.6. The highest BCUT2D eigenvalue weighted by Crippen LogP contribution is 2.36. The number of ether oxygens (including phenoxy) is 2. The quantitative estimate of drug-likeness (QED) is 0.0428. The van der Waals surface area contributed by atoms with Crippen LogP contribution in [0.25, 0.3) is 44.1 Å². The second-order valence-electron chi connectivity index (χ2n) is 22.9. The molecule has 8 aromatic carbocycles. The van der Waals surface area contributed by atoms with Crippen LogP contribution in [0.1, 0.15) is 114 Å². The van der Waals surface area contributed by atoms with Crippen molar-refractivity contribution < 1.29 is 107 Å². The lowest BCUT2D eigenvalue weighted by molar-refractivity contribution is -0.138. The first-order valence-corrected chi connectivity index (χ1v) is 33.3. The van der Waals surface area contributed by atoms with Crippen LogP contribution in [-0.2, 0) is 69.0 Å². The highest BCUT2D eigenvalue weighted by Gasteiger charge is 2.34. The van der Waals surface area contributed by atoms with Crippen LogP contribution in [0.2, 0.25) is 0 Å². The predicted octanol–water partition coefficient (Wildman–Crippen LogP) is 17.4. The molecule has 24 heteroatoms. The average Bonchev–Trinajstić information content (AvgIpc) is 0.666. The molecule has 0 saturated carbocycles. The Kier molecular flexibility index (Phi) is 15.3. The fourth-order valence-corrected chi connectivity index (χ4v) is 11.8. The minimum absolute atomic E-state index is 0.0296. The number of likely N-dealkylation sites (tertiary alicyclic amines) is 2. The molecule has 556 valence electrons. The normalized spacial score (nSPS) is 23.4. The largest absolute Gasteiger partial charge is 0.416 e. The number of amides is 2. The first kappa shape index (κ1) is 46.2. The Labute approximate surface area is 661 Å². The van der Waals surface area contributed by atoms with Gasteiger partial charge in [0.2, 0.25) is 11.8 Å². The summed E-state index contributed by atoms with van der Waals surface area (Å²) in [6.45, 7) is -26.3. The summed E-state index contributed by atoms with van der Waals surface area (Å²) in [5.41, 5.74) is -11.9. The van der Waals surface area contributed by atoms with E-state index in [-0.39, 0.29) is 96.8 Å². The van der Waals surface area contributed by atoms with Crippen molar-refractivity contribution in [2.45, 2.75) is 111 Å². The molecule has 2 amide bonds. The van der Waals surface area contributed by atoms with Crippen molar-refractivity contribution in [1.82, 2.24) is 28.7 Å². The summed E-state index contributed by atoms with van der Waals surface area (Å²) < 4.78 is 441. The van der Waals surface area contributed by atoms with Crippen molar-refractivity contribution in [2.75, 3.05) is 66.5 Å². The van der Waals surface area contributed by atoms with Crippen molar-refractivity contribution in [1.29, 1.82) is 0 Å². The first-order valence-electron chi connectivity index (χ1n) is 47.5. The van der Waals surface area contributed by atoms with E-state index in [9.17, 15) is 63.9 Å². The molecule has 0 radical (unpaired) electrons. The van der Waals surface area contributed by atoms with Crippen LogP contribution in [-0.4, -0.2) is 119 Å². The van der Waals surface area contributed by atoms with E-state index in [1.807, 2.05) is 0 Å². The highest BCUT2D eigenvalue weighted by atomic mass is 32.2. The summed E-state index contributed by atoms with van der Waals surface area (Å²) in [5.74, 6) is -11.3. The molecule has 2 aliphatic rings. The van der Waals surface area contributed by atoms with Crippen LogP contribution in [0, 0.1) is 37.1 Å². The lowest BCUT2D eigenvalue weighted by Gasteiger charge is -2.39. The highest BCUT2D eigenvalue weighted by molar-refractivity contribution is 7.98. The molecule has 2 aromatic heterocycles. The number of halogens is 10. The van der Waals surface area contributed by atoms with E-state index in [1.54, 1.807) is 0 Å². The summed E-state index contributed by atoms with van der Waals surface area (Å²) in [7, 11) is 2.25. The Morgan fingerprint density at radius 3 is 1.28 bits per heavy atom. The number of thioether (sulfide) groups is 2. The van der Waals surface area contributed by atoms with Crippen molar-refractivity contribution in [3.63, 3.8) is 0 Å². The fraction of sp³-hybridized carbons (Fsp3) is 0.317. The molecule has 0 unspecified atom stereocenters. The zero-order chi connectivity index (χ0) is 104. The molecule has 0 N–H and O–H groups in total. The molecule has 12 rings (SSSR count). The Morgan fingerprint density at radius 1 is 0.528 bits per heavy atom. The van der Waals surface area contributed by atoms with Gasteiger partial charge in [0.1, 0.15) is 13.0 Å². The molecule has 0 aliphatic carbocycles. The summed E-state index contributed by atoms with van der Waals surface area (Å²) in [6.07, 6.45) is -25.7. The number of pyridine rings is 2. The molecule has 4 heterocycles. The van der Waals surface area contributed by atoms with Crippen LogP contribution >= 0.6 is 23.5 Å². The Morgan fingerprint density at radius 2 is 0.896 bits per heavy atom. The predicted molar refractivity (Wildman–Crippen MR) is 395 cm³/mol. The van der Waals surface area contributed by atoms with Gasteiger partial charge in [0.05, 0.1) is 64.6 Å². The molecule has 0 spiro atoms. The summed E-state index contributed by atoms with van der Waals surface area (Å²) in [6, 6.07) is 6.21. The number of hydrogen-bond donors (Lipinski definition) is 0. The van der Waals surface area contributed by atoms with Crippen molar-refractivity contribution in [2.24, 2.45) is 0 Å². The summed E-state index contributed by atoms with van der Waals surface area (Å²) in [5, 5.41) is -4.08. The van der Waals surface area contributed by atoms with Gasteiger partial charge >= 0.3 is 12.4 Å². The molecule has 2 fully saturated rings. The number of methoxy groups -OCH3 is 2. The van der Waals surface area contributed by atoms with Crippen molar-refractivity contribution in [3.8, 4) is 22.3 Å². The number of carbonyl (C=O) groups is 2. The van der Waals surface area contributed by atoms with Crippen LogP contribution < -0.4 is 10.9 Å². The fourth-order valence-electron chi connectivity index (χ4n) is 10.1. The van der Waals surface area contributed by atoms with Crippen molar-refractivity contribution >= 4 is 57.1 Å². The Bertz CT molecular complexity index is 6520. The third kappa shape index (κ3) is 19.6. The van der Waals surface area contributed by atoms with E-state index >= 15 is 18.4 Å². The minimum Gasteiger partial charge on any atom is -0.383 e. The van der Waals surface area contributed by atoms with Gasteiger partial charge in [-0.05, 0) is 133 Å². The van der Waals surface area contributed by atoms with E-state index in [4.69, 9.17) is 34.1 Å². The maximum atomic E-state index is 15.6. The SMILES string of the molecule is [2H]c1c(C)c([2H])c2c(=O)c([2H])c(SC([2H])([2H])c3cccc(F)c3F)n(C([2H])([2H])C(=O)N(Cc3ccc(-c4ccc(C(F)(F)F)cc4)cc3)C3([2H])C([2H])([2H])C([2H])([2H])N(CCOC)C([2H])([2H])C3([2H])[2H])c2c1[2H].[2H]c1c(C)c([2H])c2c(=O)c([2H])c(SCc3cccc(F)c3F)n(C([2H])([2H])C(=O)N(Cc3ccc(-c4ccc(C(F)(F)F)cc4)cc3)C3([2H])C([2H])([2H])C([2H])([2H])N(CCOC)C([2H])([2H])C3([2H])[2H])c2c1[2H]. The van der Waals surface area contributed by atoms with Crippen LogP contribution in [0.4, 0.5) is 43.9 Å². The number of carbonyl (C=O) groups excluding carboxylic acids is 2. The topological polar surface area (TPSA) is 110 Å². The van der Waals surface area contributed by atoms with Gasteiger partial charge in [0.15, 0.2) is 34.1 Å².